The van der Waals surface area contributed by atoms with Gasteiger partial charge in [-0.05, 0) is 36.4 Å². The fourth-order valence-electron chi connectivity index (χ4n) is 2.22. The zero-order chi connectivity index (χ0) is 19.6. The van der Waals surface area contributed by atoms with Crippen LogP contribution in [0.5, 0.6) is 5.75 Å². The van der Waals surface area contributed by atoms with Crippen molar-refractivity contribution in [3.8, 4) is 5.75 Å². The van der Waals surface area contributed by atoms with Crippen LogP contribution in [0.15, 0.2) is 54.6 Å². The molecule has 2 rings (SSSR count). The molecular formula is C21H21NO5. The van der Waals surface area contributed by atoms with Gasteiger partial charge in [0.15, 0.2) is 12.4 Å². The van der Waals surface area contributed by atoms with Gasteiger partial charge in [-0.3, -0.25) is 9.59 Å². The number of Topliss-reactive ketones (excluding diaryl/α,β-unsaturated/α-hetero) is 1. The SMILES string of the molecule is CCC(=O)Nc1ccc(C(=O)COC(=O)/C=C/c2ccccc2OC)cc1. The maximum absolute atomic E-state index is 12.1. The Labute approximate surface area is 157 Å². The van der Waals surface area contributed by atoms with Gasteiger partial charge in [-0.2, -0.15) is 0 Å². The summed E-state index contributed by atoms with van der Waals surface area (Å²) in [6.07, 6.45) is 3.18. The van der Waals surface area contributed by atoms with Crippen molar-refractivity contribution in [3.63, 3.8) is 0 Å². The number of esters is 1. The zero-order valence-electron chi connectivity index (χ0n) is 15.2. The van der Waals surface area contributed by atoms with E-state index >= 15 is 0 Å². The van der Waals surface area contributed by atoms with Crippen molar-refractivity contribution in [2.75, 3.05) is 19.0 Å². The molecule has 2 aromatic carbocycles. The number of carbonyl (C=O) groups is 3. The van der Waals surface area contributed by atoms with Gasteiger partial charge >= 0.3 is 5.97 Å². The fraction of sp³-hybridized carbons (Fsp3) is 0.190. The van der Waals surface area contributed by atoms with Crippen LogP contribution in [0.25, 0.3) is 6.08 Å². The van der Waals surface area contributed by atoms with Gasteiger partial charge in [-0.1, -0.05) is 25.1 Å². The van der Waals surface area contributed by atoms with E-state index in [1.807, 2.05) is 12.1 Å². The third-order valence-corrected chi connectivity index (χ3v) is 3.70. The van der Waals surface area contributed by atoms with Crippen LogP contribution in [0, 0.1) is 0 Å². The molecule has 0 aliphatic rings. The van der Waals surface area contributed by atoms with Crippen LogP contribution in [0.4, 0.5) is 5.69 Å². The number of rotatable bonds is 8. The molecule has 0 unspecified atom stereocenters. The molecule has 1 amide bonds. The van der Waals surface area contributed by atoms with Crippen LogP contribution in [0.2, 0.25) is 0 Å². The lowest BCUT2D eigenvalue weighted by molar-refractivity contribution is -0.136. The second kappa shape index (κ2) is 9.91. The number of hydrogen-bond donors (Lipinski definition) is 1. The lowest BCUT2D eigenvalue weighted by atomic mass is 10.1. The summed E-state index contributed by atoms with van der Waals surface area (Å²) in [5, 5.41) is 2.69. The fourth-order valence-corrected chi connectivity index (χ4v) is 2.22. The number of benzene rings is 2. The summed E-state index contributed by atoms with van der Waals surface area (Å²) in [6.45, 7) is 1.39. The molecule has 0 bridgehead atoms. The van der Waals surface area contributed by atoms with Crippen molar-refractivity contribution in [2.45, 2.75) is 13.3 Å². The molecule has 0 saturated heterocycles. The lowest BCUT2D eigenvalue weighted by Crippen LogP contribution is -2.13. The summed E-state index contributed by atoms with van der Waals surface area (Å²) in [6, 6.07) is 13.6. The normalized spacial score (nSPS) is 10.4. The van der Waals surface area contributed by atoms with E-state index in [4.69, 9.17) is 9.47 Å². The minimum atomic E-state index is -0.624. The first-order valence-electron chi connectivity index (χ1n) is 8.44. The number of hydrogen-bond acceptors (Lipinski definition) is 5. The van der Waals surface area contributed by atoms with Crippen molar-refractivity contribution < 1.29 is 23.9 Å². The largest absolute Gasteiger partial charge is 0.496 e. The number of nitrogens with one attached hydrogen (secondary N) is 1. The van der Waals surface area contributed by atoms with E-state index in [9.17, 15) is 14.4 Å². The van der Waals surface area contributed by atoms with E-state index in [0.717, 1.165) is 5.56 Å². The number of ether oxygens (including phenoxy) is 2. The Morgan fingerprint density at radius 3 is 2.41 bits per heavy atom. The molecule has 6 heteroatoms. The molecule has 0 fully saturated rings. The molecule has 0 aromatic heterocycles. The Hall–Kier alpha value is -3.41. The quantitative estimate of drug-likeness (QED) is 0.439. The Bertz CT molecular complexity index is 840. The molecule has 1 N–H and O–H groups in total. The summed E-state index contributed by atoms with van der Waals surface area (Å²) in [5.41, 5.74) is 1.73. The summed E-state index contributed by atoms with van der Waals surface area (Å²) in [4.78, 5) is 35.2. The number of carbonyl (C=O) groups excluding carboxylic acids is 3. The van der Waals surface area contributed by atoms with E-state index in [0.29, 0.717) is 23.4 Å². The number of anilines is 1. The first-order valence-corrected chi connectivity index (χ1v) is 8.44. The predicted molar refractivity (Wildman–Crippen MR) is 103 cm³/mol. The van der Waals surface area contributed by atoms with E-state index in [1.165, 1.54) is 6.08 Å². The van der Waals surface area contributed by atoms with Crippen LogP contribution < -0.4 is 10.1 Å². The minimum Gasteiger partial charge on any atom is -0.496 e. The Morgan fingerprint density at radius 2 is 1.74 bits per heavy atom. The average Bonchev–Trinajstić information content (AvgIpc) is 2.71. The molecule has 0 radical (unpaired) electrons. The van der Waals surface area contributed by atoms with Crippen LogP contribution >= 0.6 is 0 Å². The summed E-state index contributed by atoms with van der Waals surface area (Å²) in [5.74, 6) is -0.429. The lowest BCUT2D eigenvalue weighted by Gasteiger charge is -2.06. The highest BCUT2D eigenvalue weighted by Gasteiger charge is 2.09. The summed E-state index contributed by atoms with van der Waals surface area (Å²) in [7, 11) is 1.54. The van der Waals surface area contributed by atoms with Gasteiger partial charge < -0.3 is 14.8 Å². The van der Waals surface area contributed by atoms with E-state index < -0.39 is 5.97 Å². The van der Waals surface area contributed by atoms with Crippen LogP contribution in [0.1, 0.15) is 29.3 Å². The highest BCUT2D eigenvalue weighted by atomic mass is 16.5. The Kier molecular flexibility index (Phi) is 7.31. The van der Waals surface area contributed by atoms with Gasteiger partial charge in [-0.25, -0.2) is 4.79 Å². The number of amides is 1. The van der Waals surface area contributed by atoms with Crippen molar-refractivity contribution in [1.82, 2.24) is 0 Å². The Morgan fingerprint density at radius 1 is 1.04 bits per heavy atom. The smallest absolute Gasteiger partial charge is 0.331 e. The topological polar surface area (TPSA) is 81.7 Å². The highest BCUT2D eigenvalue weighted by Crippen LogP contribution is 2.18. The predicted octanol–water partition coefficient (Wildman–Crippen LogP) is 3.48. The molecule has 0 saturated carbocycles. The maximum atomic E-state index is 12.1. The van der Waals surface area contributed by atoms with Crippen molar-refractivity contribution in [2.24, 2.45) is 0 Å². The van der Waals surface area contributed by atoms with Gasteiger partial charge in [0.1, 0.15) is 5.75 Å². The molecule has 6 nitrogen and oxygen atoms in total. The van der Waals surface area contributed by atoms with Gasteiger partial charge in [-0.15, -0.1) is 0 Å². The molecule has 0 aliphatic carbocycles. The molecule has 0 heterocycles. The van der Waals surface area contributed by atoms with Crippen LogP contribution in [0.3, 0.4) is 0 Å². The van der Waals surface area contributed by atoms with E-state index in [2.05, 4.69) is 5.32 Å². The molecule has 0 spiro atoms. The standard InChI is InChI=1S/C21H21NO5/c1-3-20(24)22-17-11-8-15(9-12-17)18(23)14-27-21(25)13-10-16-6-4-5-7-19(16)26-2/h4-13H,3,14H2,1-2H3,(H,22,24)/b13-10+. The molecule has 27 heavy (non-hydrogen) atoms. The van der Waals surface area contributed by atoms with Crippen molar-refractivity contribution in [3.05, 3.63) is 65.7 Å². The van der Waals surface area contributed by atoms with Crippen LogP contribution in [-0.4, -0.2) is 31.4 Å². The molecular weight excluding hydrogens is 346 g/mol. The van der Waals surface area contributed by atoms with E-state index in [1.54, 1.807) is 56.5 Å². The first kappa shape index (κ1) is 19.9. The number of para-hydroxylation sites is 1. The third kappa shape index (κ3) is 6.11. The number of methoxy groups -OCH3 is 1. The Balaban J connectivity index is 1.88. The summed E-state index contributed by atoms with van der Waals surface area (Å²) < 4.78 is 10.2. The van der Waals surface area contributed by atoms with Gasteiger partial charge in [0.25, 0.3) is 0 Å². The zero-order valence-corrected chi connectivity index (χ0v) is 15.2. The minimum absolute atomic E-state index is 0.107. The molecule has 0 atom stereocenters. The van der Waals surface area contributed by atoms with E-state index in [-0.39, 0.29) is 18.3 Å². The number of ketones is 1. The highest BCUT2D eigenvalue weighted by molar-refractivity contribution is 5.99. The van der Waals surface area contributed by atoms with Crippen molar-refractivity contribution in [1.29, 1.82) is 0 Å². The second-order valence-corrected chi connectivity index (χ2v) is 5.59. The molecule has 0 aliphatic heterocycles. The molecule has 140 valence electrons. The average molecular weight is 367 g/mol. The van der Waals surface area contributed by atoms with Gasteiger partial charge in [0.05, 0.1) is 7.11 Å². The molecule has 2 aromatic rings. The van der Waals surface area contributed by atoms with Crippen molar-refractivity contribution >= 4 is 29.4 Å². The first-order chi connectivity index (χ1) is 13.0. The second-order valence-electron chi connectivity index (χ2n) is 5.59. The maximum Gasteiger partial charge on any atom is 0.331 e. The van der Waals surface area contributed by atoms with Gasteiger partial charge in [0, 0.05) is 29.3 Å². The van der Waals surface area contributed by atoms with Gasteiger partial charge in [0.2, 0.25) is 5.91 Å². The summed E-state index contributed by atoms with van der Waals surface area (Å²) >= 11 is 0. The van der Waals surface area contributed by atoms with Crippen LogP contribution in [-0.2, 0) is 14.3 Å². The monoisotopic (exact) mass is 367 g/mol. The third-order valence-electron chi connectivity index (χ3n) is 3.70.